The first kappa shape index (κ1) is 18.7. The first-order valence-corrected chi connectivity index (χ1v) is 11.9. The fourth-order valence-electron chi connectivity index (χ4n) is 8.25. The van der Waals surface area contributed by atoms with Crippen LogP contribution < -0.4 is 0 Å². The summed E-state index contributed by atoms with van der Waals surface area (Å²) in [6.07, 6.45) is 10.6. The molecule has 4 bridgehead atoms. The van der Waals surface area contributed by atoms with E-state index >= 15 is 0 Å². The Hall–Kier alpha value is -2.03. The maximum absolute atomic E-state index is 13.6. The van der Waals surface area contributed by atoms with E-state index in [1.54, 1.807) is 0 Å². The molecular formula is C27H34N2O. The Labute approximate surface area is 180 Å². The normalized spacial score (nSPS) is 36.4. The molecule has 4 saturated carbocycles. The number of nitrogens with zero attached hydrogens (tertiary/aromatic N) is 2. The number of carbonyl (C=O) groups is 1. The van der Waals surface area contributed by atoms with E-state index in [1.165, 1.54) is 60.6 Å². The van der Waals surface area contributed by atoms with Crippen LogP contribution in [0.15, 0.2) is 41.6 Å². The second-order valence-electron chi connectivity index (χ2n) is 11.1. The molecule has 0 N–H and O–H groups in total. The van der Waals surface area contributed by atoms with E-state index in [-0.39, 0.29) is 11.9 Å². The molecule has 0 saturated heterocycles. The minimum absolute atomic E-state index is 0.0756. The molecule has 1 amide bonds. The number of hydrogen-bond acceptors (Lipinski definition) is 1. The Morgan fingerprint density at radius 1 is 1.00 bits per heavy atom. The summed E-state index contributed by atoms with van der Waals surface area (Å²) in [5, 5.41) is 1.29. The Morgan fingerprint density at radius 2 is 1.60 bits per heavy atom. The maximum Gasteiger partial charge on any atom is 0.250 e. The SMILES string of the molecule is CC1=C(C)C(c2cn(C)c3ccccc23)N(C(C)C23CC4CC(CC(C4)C2)C3)C1=O. The first-order valence-electron chi connectivity index (χ1n) is 11.9. The van der Waals surface area contributed by atoms with E-state index in [1.807, 2.05) is 6.92 Å². The zero-order valence-corrected chi connectivity index (χ0v) is 18.8. The summed E-state index contributed by atoms with van der Waals surface area (Å²) in [6, 6.07) is 9.02. The molecule has 4 fully saturated rings. The van der Waals surface area contributed by atoms with Gasteiger partial charge in [0, 0.05) is 41.3 Å². The van der Waals surface area contributed by atoms with Crippen molar-refractivity contribution in [2.45, 2.75) is 71.4 Å². The van der Waals surface area contributed by atoms with Gasteiger partial charge in [0.05, 0.1) is 6.04 Å². The molecule has 7 rings (SSSR count). The first-order chi connectivity index (χ1) is 14.4. The summed E-state index contributed by atoms with van der Waals surface area (Å²) in [7, 11) is 2.13. The summed E-state index contributed by atoms with van der Waals surface area (Å²) < 4.78 is 2.23. The van der Waals surface area contributed by atoms with Gasteiger partial charge in [-0.3, -0.25) is 4.79 Å². The van der Waals surface area contributed by atoms with Gasteiger partial charge >= 0.3 is 0 Å². The number of rotatable bonds is 3. The van der Waals surface area contributed by atoms with E-state index in [9.17, 15) is 4.79 Å². The minimum Gasteiger partial charge on any atom is -0.350 e. The van der Waals surface area contributed by atoms with Crippen LogP contribution in [0.25, 0.3) is 10.9 Å². The van der Waals surface area contributed by atoms with Gasteiger partial charge in [0.15, 0.2) is 0 Å². The van der Waals surface area contributed by atoms with Gasteiger partial charge in [-0.1, -0.05) is 18.2 Å². The molecule has 158 valence electrons. The molecule has 3 heteroatoms. The molecule has 1 aliphatic heterocycles. The van der Waals surface area contributed by atoms with Gasteiger partial charge in [-0.25, -0.2) is 0 Å². The van der Waals surface area contributed by atoms with E-state index in [2.05, 4.69) is 60.8 Å². The summed E-state index contributed by atoms with van der Waals surface area (Å²) >= 11 is 0. The number of carbonyl (C=O) groups excluding carboxylic acids is 1. The number of aromatic nitrogens is 1. The summed E-state index contributed by atoms with van der Waals surface area (Å²) in [6.45, 7) is 6.61. The number of para-hydroxylation sites is 1. The standard InChI is InChI=1S/C27H34N2O/c1-16-17(2)26(30)29(25(16)23-15-28(4)24-8-6-5-7-22(23)24)18(3)27-12-19-9-20(13-27)11-21(10-19)14-27/h5-8,15,18-21,25H,9-14H2,1-4H3. The fraction of sp³-hybridized carbons (Fsp3) is 0.593. The van der Waals surface area contributed by atoms with Gasteiger partial charge < -0.3 is 9.47 Å². The van der Waals surface area contributed by atoms with Crippen LogP contribution in [0, 0.1) is 23.2 Å². The molecule has 0 radical (unpaired) electrons. The third-order valence-corrected chi connectivity index (χ3v) is 9.45. The van der Waals surface area contributed by atoms with Gasteiger partial charge in [-0.05, 0) is 94.1 Å². The van der Waals surface area contributed by atoms with E-state index in [0.717, 1.165) is 23.3 Å². The van der Waals surface area contributed by atoms with Crippen molar-refractivity contribution in [2.75, 3.05) is 0 Å². The van der Waals surface area contributed by atoms with Crippen LogP contribution in [0.4, 0.5) is 0 Å². The number of fused-ring (bicyclic) bond motifs is 1. The van der Waals surface area contributed by atoms with Gasteiger partial charge in [-0.2, -0.15) is 0 Å². The molecule has 1 aromatic heterocycles. The molecule has 2 unspecified atom stereocenters. The average Bonchev–Trinajstić information content (AvgIpc) is 3.15. The maximum atomic E-state index is 13.6. The predicted molar refractivity (Wildman–Crippen MR) is 121 cm³/mol. The second kappa shape index (κ2) is 6.24. The molecule has 2 aromatic rings. The quantitative estimate of drug-likeness (QED) is 0.618. The van der Waals surface area contributed by atoms with Crippen LogP contribution in [0.1, 0.15) is 70.9 Å². The molecular weight excluding hydrogens is 368 g/mol. The highest BCUT2D eigenvalue weighted by molar-refractivity contribution is 5.98. The predicted octanol–water partition coefficient (Wildman–Crippen LogP) is 6.00. The topological polar surface area (TPSA) is 25.2 Å². The van der Waals surface area contributed by atoms with Crippen molar-refractivity contribution in [1.82, 2.24) is 9.47 Å². The van der Waals surface area contributed by atoms with E-state index in [4.69, 9.17) is 0 Å². The van der Waals surface area contributed by atoms with Gasteiger partial charge in [0.1, 0.15) is 0 Å². The van der Waals surface area contributed by atoms with Crippen molar-refractivity contribution >= 4 is 16.8 Å². The monoisotopic (exact) mass is 402 g/mol. The number of hydrogen-bond donors (Lipinski definition) is 0. The van der Waals surface area contributed by atoms with Crippen molar-refractivity contribution in [2.24, 2.45) is 30.2 Å². The van der Waals surface area contributed by atoms with Gasteiger partial charge in [0.25, 0.3) is 5.91 Å². The van der Waals surface area contributed by atoms with Crippen molar-refractivity contribution in [1.29, 1.82) is 0 Å². The lowest BCUT2D eigenvalue weighted by atomic mass is 9.47. The van der Waals surface area contributed by atoms with Crippen molar-refractivity contribution < 1.29 is 4.79 Å². The van der Waals surface area contributed by atoms with Gasteiger partial charge in [-0.15, -0.1) is 0 Å². The highest BCUT2D eigenvalue weighted by Gasteiger charge is 2.56. The molecule has 2 heterocycles. The zero-order chi connectivity index (χ0) is 20.8. The zero-order valence-electron chi connectivity index (χ0n) is 18.8. The third-order valence-electron chi connectivity index (χ3n) is 9.45. The number of amides is 1. The third kappa shape index (κ3) is 2.41. The minimum atomic E-state index is 0.0756. The van der Waals surface area contributed by atoms with Crippen molar-refractivity contribution in [3.8, 4) is 0 Å². The molecule has 5 aliphatic rings. The van der Waals surface area contributed by atoms with Gasteiger partial charge in [0.2, 0.25) is 0 Å². The summed E-state index contributed by atoms with van der Waals surface area (Å²) in [5.41, 5.74) is 5.09. The van der Waals surface area contributed by atoms with Crippen LogP contribution in [-0.2, 0) is 11.8 Å². The van der Waals surface area contributed by atoms with E-state index in [0.29, 0.717) is 11.5 Å². The molecule has 2 atom stereocenters. The van der Waals surface area contributed by atoms with Crippen molar-refractivity contribution in [3.05, 3.63) is 47.2 Å². The fourth-order valence-corrected chi connectivity index (χ4v) is 8.25. The van der Waals surface area contributed by atoms with E-state index < -0.39 is 0 Å². The van der Waals surface area contributed by atoms with Crippen molar-refractivity contribution in [3.63, 3.8) is 0 Å². The van der Waals surface area contributed by atoms with Crippen LogP contribution in [0.2, 0.25) is 0 Å². The van der Waals surface area contributed by atoms with Crippen LogP contribution in [-0.4, -0.2) is 21.4 Å². The summed E-state index contributed by atoms with van der Waals surface area (Å²) in [4.78, 5) is 15.9. The molecule has 1 aromatic carbocycles. The van der Waals surface area contributed by atoms with Crippen LogP contribution >= 0.6 is 0 Å². The summed E-state index contributed by atoms with van der Waals surface area (Å²) in [5.74, 6) is 2.99. The highest BCUT2D eigenvalue weighted by atomic mass is 16.2. The van der Waals surface area contributed by atoms with Crippen LogP contribution in [0.3, 0.4) is 0 Å². The molecule has 30 heavy (non-hydrogen) atoms. The lowest BCUT2D eigenvalue weighted by molar-refractivity contribution is -0.142. The highest BCUT2D eigenvalue weighted by Crippen LogP contribution is 2.63. The van der Waals surface area contributed by atoms with Crippen LogP contribution in [0.5, 0.6) is 0 Å². The Bertz CT molecular complexity index is 1040. The Morgan fingerprint density at radius 3 is 2.23 bits per heavy atom. The number of benzene rings is 1. The molecule has 3 nitrogen and oxygen atoms in total. The second-order valence-corrected chi connectivity index (χ2v) is 11.1. The lowest BCUT2D eigenvalue weighted by Crippen LogP contribution is -2.56. The number of aryl methyl sites for hydroxylation is 1. The molecule has 0 spiro atoms. The molecule has 4 aliphatic carbocycles. The largest absolute Gasteiger partial charge is 0.350 e. The lowest BCUT2D eigenvalue weighted by Gasteiger charge is -2.60. The Kier molecular flexibility index (Phi) is 3.90. The smallest absolute Gasteiger partial charge is 0.250 e. The Balaban J connectivity index is 1.45. The average molecular weight is 403 g/mol.